The van der Waals surface area contributed by atoms with Gasteiger partial charge in [0.25, 0.3) is 0 Å². The van der Waals surface area contributed by atoms with Crippen LogP contribution >= 0.6 is 11.6 Å². The summed E-state index contributed by atoms with van der Waals surface area (Å²) in [6.45, 7) is 2.86. The van der Waals surface area contributed by atoms with Crippen molar-refractivity contribution in [1.29, 1.82) is 0 Å². The first-order chi connectivity index (χ1) is 9.13. The Morgan fingerprint density at radius 2 is 2.26 bits per heavy atom. The molecule has 1 heterocycles. The molecule has 1 aromatic heterocycles. The van der Waals surface area contributed by atoms with Crippen LogP contribution in [0.1, 0.15) is 24.1 Å². The summed E-state index contributed by atoms with van der Waals surface area (Å²) < 4.78 is 15.7. The van der Waals surface area contributed by atoms with E-state index in [0.717, 1.165) is 12.1 Å². The molecule has 1 N–H and O–H groups in total. The summed E-state index contributed by atoms with van der Waals surface area (Å²) in [6, 6.07) is 4.51. The number of hydrogen-bond acceptors (Lipinski definition) is 2. The van der Waals surface area contributed by atoms with E-state index in [2.05, 4.69) is 10.4 Å². The zero-order valence-corrected chi connectivity index (χ0v) is 11.8. The van der Waals surface area contributed by atoms with Crippen LogP contribution in [0.15, 0.2) is 30.6 Å². The fraction of sp³-hybridized carbons (Fsp3) is 0.357. The number of nitrogens with zero attached hydrogens (tertiary/aromatic N) is 2. The lowest BCUT2D eigenvalue weighted by atomic mass is 10.0. The van der Waals surface area contributed by atoms with E-state index in [1.807, 2.05) is 31.0 Å². The van der Waals surface area contributed by atoms with Gasteiger partial charge >= 0.3 is 0 Å². The van der Waals surface area contributed by atoms with Crippen molar-refractivity contribution >= 4 is 11.6 Å². The number of aromatic nitrogens is 2. The molecule has 3 nitrogen and oxygen atoms in total. The molecule has 2 rings (SSSR count). The van der Waals surface area contributed by atoms with Gasteiger partial charge in [-0.05, 0) is 44.2 Å². The lowest BCUT2D eigenvalue weighted by Gasteiger charge is -2.16. The van der Waals surface area contributed by atoms with Crippen molar-refractivity contribution in [1.82, 2.24) is 15.1 Å². The molecule has 0 fully saturated rings. The first-order valence-corrected chi connectivity index (χ1v) is 6.65. The van der Waals surface area contributed by atoms with Crippen LogP contribution in [0.2, 0.25) is 5.02 Å². The van der Waals surface area contributed by atoms with Gasteiger partial charge in [0.2, 0.25) is 0 Å². The first-order valence-electron chi connectivity index (χ1n) is 6.27. The Kier molecular flexibility index (Phi) is 4.56. The minimum absolute atomic E-state index is 0.117. The molecule has 0 aliphatic carbocycles. The fourth-order valence-corrected chi connectivity index (χ4v) is 2.25. The highest BCUT2D eigenvalue weighted by Gasteiger charge is 2.16. The molecule has 2 aromatic rings. The number of halogens is 2. The third-order valence-electron chi connectivity index (χ3n) is 3.13. The lowest BCUT2D eigenvalue weighted by Crippen LogP contribution is -2.20. The summed E-state index contributed by atoms with van der Waals surface area (Å²) in [6.07, 6.45) is 4.47. The van der Waals surface area contributed by atoms with Gasteiger partial charge in [-0.3, -0.25) is 4.68 Å². The van der Waals surface area contributed by atoms with Gasteiger partial charge < -0.3 is 5.32 Å². The second kappa shape index (κ2) is 6.17. The number of likely N-dealkylation sites (N-methyl/N-ethyl adjacent to an activating group) is 1. The topological polar surface area (TPSA) is 29.9 Å². The van der Waals surface area contributed by atoms with Crippen molar-refractivity contribution in [2.24, 2.45) is 0 Å². The predicted molar refractivity (Wildman–Crippen MR) is 74.8 cm³/mol. The van der Waals surface area contributed by atoms with Crippen LogP contribution in [-0.2, 0) is 13.0 Å². The quantitative estimate of drug-likeness (QED) is 0.912. The van der Waals surface area contributed by atoms with Crippen LogP contribution in [0.5, 0.6) is 0 Å². The molecular weight excluding hydrogens is 265 g/mol. The number of aryl methyl sites for hydroxylation is 1. The molecule has 0 amide bonds. The van der Waals surface area contributed by atoms with Gasteiger partial charge in [-0.1, -0.05) is 11.6 Å². The Hall–Kier alpha value is -1.39. The van der Waals surface area contributed by atoms with Crippen LogP contribution in [-0.4, -0.2) is 16.8 Å². The smallest absolute Gasteiger partial charge is 0.128 e. The monoisotopic (exact) mass is 281 g/mol. The average molecular weight is 282 g/mol. The average Bonchev–Trinajstić information content (AvgIpc) is 2.87. The first kappa shape index (κ1) is 14.0. The molecule has 0 radical (unpaired) electrons. The summed E-state index contributed by atoms with van der Waals surface area (Å²) in [7, 11) is 1.81. The Morgan fingerprint density at radius 1 is 1.47 bits per heavy atom. The molecule has 1 unspecified atom stereocenters. The normalized spacial score (nSPS) is 12.6. The van der Waals surface area contributed by atoms with Crippen LogP contribution in [0, 0.1) is 5.82 Å². The van der Waals surface area contributed by atoms with Gasteiger partial charge in [-0.2, -0.15) is 5.10 Å². The van der Waals surface area contributed by atoms with Crippen molar-refractivity contribution in [2.45, 2.75) is 25.9 Å². The van der Waals surface area contributed by atoms with Crippen LogP contribution in [0.3, 0.4) is 0 Å². The van der Waals surface area contributed by atoms with E-state index in [-0.39, 0.29) is 11.9 Å². The number of benzene rings is 1. The molecule has 0 spiro atoms. The molecule has 0 saturated heterocycles. The Labute approximate surface area is 117 Å². The summed E-state index contributed by atoms with van der Waals surface area (Å²) in [5.41, 5.74) is 1.65. The van der Waals surface area contributed by atoms with E-state index in [0.29, 0.717) is 17.0 Å². The standard InChI is InChI=1S/C14H17ClFN3/c1-3-19-9-10(8-18-19)6-14(17-2)12-7-11(15)4-5-13(12)16/h4-5,7-9,14,17H,3,6H2,1-2H3. The minimum atomic E-state index is -0.244. The van der Waals surface area contributed by atoms with Crippen LogP contribution in [0.25, 0.3) is 0 Å². The predicted octanol–water partition coefficient (Wildman–Crippen LogP) is 3.20. The van der Waals surface area contributed by atoms with E-state index in [9.17, 15) is 4.39 Å². The van der Waals surface area contributed by atoms with E-state index >= 15 is 0 Å². The molecule has 5 heteroatoms. The highest BCUT2D eigenvalue weighted by molar-refractivity contribution is 6.30. The molecular formula is C14H17ClFN3. The Morgan fingerprint density at radius 3 is 2.89 bits per heavy atom. The highest BCUT2D eigenvalue weighted by atomic mass is 35.5. The van der Waals surface area contributed by atoms with Gasteiger partial charge in [0.15, 0.2) is 0 Å². The molecule has 102 valence electrons. The fourth-order valence-electron chi connectivity index (χ4n) is 2.07. The van der Waals surface area contributed by atoms with Gasteiger partial charge in [0, 0.05) is 29.4 Å². The van der Waals surface area contributed by atoms with E-state index in [1.54, 1.807) is 12.1 Å². The second-order valence-electron chi connectivity index (χ2n) is 4.42. The van der Waals surface area contributed by atoms with Crippen LogP contribution in [0.4, 0.5) is 4.39 Å². The third kappa shape index (κ3) is 3.33. The maximum absolute atomic E-state index is 13.9. The van der Waals surface area contributed by atoms with Gasteiger partial charge in [-0.15, -0.1) is 0 Å². The second-order valence-corrected chi connectivity index (χ2v) is 4.85. The van der Waals surface area contributed by atoms with Crippen molar-refractivity contribution in [3.63, 3.8) is 0 Å². The zero-order chi connectivity index (χ0) is 13.8. The maximum atomic E-state index is 13.9. The minimum Gasteiger partial charge on any atom is -0.313 e. The lowest BCUT2D eigenvalue weighted by molar-refractivity contribution is 0.533. The van der Waals surface area contributed by atoms with Gasteiger partial charge in [-0.25, -0.2) is 4.39 Å². The van der Waals surface area contributed by atoms with Gasteiger partial charge in [0.1, 0.15) is 5.82 Å². The molecule has 0 aliphatic rings. The molecule has 19 heavy (non-hydrogen) atoms. The molecule has 1 atom stereocenters. The highest BCUT2D eigenvalue weighted by Crippen LogP contribution is 2.24. The Bertz CT molecular complexity index is 553. The van der Waals surface area contributed by atoms with Crippen molar-refractivity contribution in [3.05, 3.63) is 52.6 Å². The maximum Gasteiger partial charge on any atom is 0.128 e. The summed E-state index contributed by atoms with van der Waals surface area (Å²) >= 11 is 5.94. The molecule has 0 aliphatic heterocycles. The number of nitrogens with one attached hydrogen (secondary N) is 1. The summed E-state index contributed by atoms with van der Waals surface area (Å²) in [5, 5.41) is 7.89. The largest absolute Gasteiger partial charge is 0.313 e. The van der Waals surface area contributed by atoms with E-state index in [1.165, 1.54) is 6.07 Å². The molecule has 0 bridgehead atoms. The van der Waals surface area contributed by atoms with Crippen LogP contribution < -0.4 is 5.32 Å². The van der Waals surface area contributed by atoms with Crippen molar-refractivity contribution < 1.29 is 4.39 Å². The third-order valence-corrected chi connectivity index (χ3v) is 3.37. The van der Waals surface area contributed by atoms with Crippen molar-refractivity contribution in [2.75, 3.05) is 7.05 Å². The van der Waals surface area contributed by atoms with E-state index in [4.69, 9.17) is 11.6 Å². The molecule has 0 saturated carbocycles. The number of hydrogen-bond donors (Lipinski definition) is 1. The molecule has 1 aromatic carbocycles. The summed E-state index contributed by atoms with van der Waals surface area (Å²) in [5.74, 6) is -0.244. The van der Waals surface area contributed by atoms with Gasteiger partial charge in [0.05, 0.1) is 6.20 Å². The summed E-state index contributed by atoms with van der Waals surface area (Å²) in [4.78, 5) is 0. The Balaban J connectivity index is 2.22. The number of rotatable bonds is 5. The van der Waals surface area contributed by atoms with E-state index < -0.39 is 0 Å². The van der Waals surface area contributed by atoms with Crippen molar-refractivity contribution in [3.8, 4) is 0 Å². The SMILES string of the molecule is CCn1cc(CC(NC)c2cc(Cl)ccc2F)cn1. The zero-order valence-electron chi connectivity index (χ0n) is 11.0.